The standard InChI is InChI=1S/C17H26N2O/c1-4-16(20)14(10-12(2)3)18-11-15-17(19-15)13-8-6-5-7-9-13/h5-9,12,14-15,17-19H,4,10-11H2,1-3H3/t14-,15?,17?/m0/s1. The van der Waals surface area contributed by atoms with Crippen molar-refractivity contribution in [3.8, 4) is 0 Å². The molecule has 0 radical (unpaired) electrons. The number of Topliss-reactive ketones (excluding diaryl/α,β-unsaturated/α-hetero) is 1. The van der Waals surface area contributed by atoms with Gasteiger partial charge in [-0.2, -0.15) is 0 Å². The summed E-state index contributed by atoms with van der Waals surface area (Å²) in [7, 11) is 0. The van der Waals surface area contributed by atoms with Crippen molar-refractivity contribution in [2.75, 3.05) is 6.54 Å². The van der Waals surface area contributed by atoms with E-state index in [0.717, 1.165) is 13.0 Å². The van der Waals surface area contributed by atoms with Gasteiger partial charge in [-0.3, -0.25) is 4.79 Å². The van der Waals surface area contributed by atoms with E-state index >= 15 is 0 Å². The van der Waals surface area contributed by atoms with Crippen molar-refractivity contribution in [3.05, 3.63) is 35.9 Å². The highest BCUT2D eigenvalue weighted by atomic mass is 16.1. The molecule has 0 bridgehead atoms. The van der Waals surface area contributed by atoms with Gasteiger partial charge in [-0.1, -0.05) is 51.1 Å². The molecular weight excluding hydrogens is 248 g/mol. The predicted molar refractivity (Wildman–Crippen MR) is 82.7 cm³/mol. The van der Waals surface area contributed by atoms with Gasteiger partial charge in [-0.25, -0.2) is 0 Å². The zero-order valence-corrected chi connectivity index (χ0v) is 12.7. The van der Waals surface area contributed by atoms with Gasteiger partial charge in [-0.05, 0) is 17.9 Å². The first-order valence-corrected chi connectivity index (χ1v) is 7.69. The molecule has 0 amide bonds. The molecule has 3 atom stereocenters. The van der Waals surface area contributed by atoms with E-state index in [4.69, 9.17) is 0 Å². The van der Waals surface area contributed by atoms with Gasteiger partial charge in [0.1, 0.15) is 5.78 Å². The molecule has 2 rings (SSSR count). The first-order valence-electron chi connectivity index (χ1n) is 7.69. The third kappa shape index (κ3) is 4.15. The second-order valence-electron chi connectivity index (χ2n) is 6.07. The fourth-order valence-corrected chi connectivity index (χ4v) is 2.66. The Labute approximate surface area is 122 Å². The van der Waals surface area contributed by atoms with Crippen LogP contribution in [-0.2, 0) is 4.79 Å². The second kappa shape index (κ2) is 7.00. The van der Waals surface area contributed by atoms with Crippen molar-refractivity contribution in [2.45, 2.75) is 51.7 Å². The Morgan fingerprint density at radius 3 is 2.60 bits per heavy atom. The highest BCUT2D eigenvalue weighted by Gasteiger charge is 2.37. The summed E-state index contributed by atoms with van der Waals surface area (Å²) in [5.74, 6) is 0.871. The number of hydrogen-bond acceptors (Lipinski definition) is 3. The number of carbonyl (C=O) groups is 1. The van der Waals surface area contributed by atoms with Crippen LogP contribution in [0.2, 0.25) is 0 Å². The van der Waals surface area contributed by atoms with Crippen LogP contribution in [0.4, 0.5) is 0 Å². The fraction of sp³-hybridized carbons (Fsp3) is 0.588. The molecule has 1 aromatic rings. The third-order valence-electron chi connectivity index (χ3n) is 3.87. The van der Waals surface area contributed by atoms with Crippen LogP contribution in [0.15, 0.2) is 30.3 Å². The Morgan fingerprint density at radius 2 is 2.00 bits per heavy atom. The number of benzene rings is 1. The number of carbonyl (C=O) groups excluding carboxylic acids is 1. The lowest BCUT2D eigenvalue weighted by Gasteiger charge is -2.18. The third-order valence-corrected chi connectivity index (χ3v) is 3.87. The van der Waals surface area contributed by atoms with E-state index in [1.165, 1.54) is 5.56 Å². The normalized spacial score (nSPS) is 22.8. The topological polar surface area (TPSA) is 51.0 Å². The van der Waals surface area contributed by atoms with Crippen LogP contribution >= 0.6 is 0 Å². The van der Waals surface area contributed by atoms with Gasteiger partial charge in [0.2, 0.25) is 0 Å². The van der Waals surface area contributed by atoms with Crippen LogP contribution < -0.4 is 10.6 Å². The molecular formula is C17H26N2O. The van der Waals surface area contributed by atoms with E-state index in [1.54, 1.807) is 0 Å². The van der Waals surface area contributed by atoms with E-state index in [2.05, 4.69) is 48.7 Å². The molecule has 110 valence electrons. The van der Waals surface area contributed by atoms with Gasteiger partial charge >= 0.3 is 0 Å². The summed E-state index contributed by atoms with van der Waals surface area (Å²) >= 11 is 0. The Bertz CT molecular complexity index is 430. The Kier molecular flexibility index (Phi) is 5.32. The van der Waals surface area contributed by atoms with Crippen molar-refractivity contribution >= 4 is 5.78 Å². The molecule has 0 aromatic heterocycles. The molecule has 2 unspecified atom stereocenters. The van der Waals surface area contributed by atoms with Crippen LogP contribution in [0.1, 0.15) is 45.2 Å². The minimum atomic E-state index is 0.0128. The van der Waals surface area contributed by atoms with Gasteiger partial charge in [0.25, 0.3) is 0 Å². The van der Waals surface area contributed by atoms with Crippen LogP contribution in [-0.4, -0.2) is 24.4 Å². The molecule has 1 saturated heterocycles. The zero-order valence-electron chi connectivity index (χ0n) is 12.7. The molecule has 20 heavy (non-hydrogen) atoms. The number of rotatable bonds is 8. The first-order chi connectivity index (χ1) is 9.61. The summed E-state index contributed by atoms with van der Waals surface area (Å²) in [4.78, 5) is 11.9. The summed E-state index contributed by atoms with van der Waals surface area (Å²) in [6.45, 7) is 7.14. The highest BCUT2D eigenvalue weighted by molar-refractivity contribution is 5.83. The molecule has 0 saturated carbocycles. The zero-order chi connectivity index (χ0) is 14.5. The quantitative estimate of drug-likeness (QED) is 0.717. The van der Waals surface area contributed by atoms with E-state index in [1.807, 2.05) is 13.0 Å². The van der Waals surface area contributed by atoms with Gasteiger partial charge < -0.3 is 10.6 Å². The average molecular weight is 274 g/mol. The SMILES string of the molecule is CCC(=O)[C@H](CC(C)C)NCC1NC1c1ccccc1. The van der Waals surface area contributed by atoms with E-state index in [9.17, 15) is 4.79 Å². The van der Waals surface area contributed by atoms with Crippen LogP contribution in [0, 0.1) is 5.92 Å². The molecule has 0 aliphatic carbocycles. The number of hydrogen-bond donors (Lipinski definition) is 2. The van der Waals surface area contributed by atoms with Crippen molar-refractivity contribution in [3.63, 3.8) is 0 Å². The lowest BCUT2D eigenvalue weighted by atomic mass is 9.98. The van der Waals surface area contributed by atoms with E-state index < -0.39 is 0 Å². The van der Waals surface area contributed by atoms with E-state index in [0.29, 0.717) is 30.2 Å². The minimum Gasteiger partial charge on any atom is -0.306 e. The molecule has 0 spiro atoms. The van der Waals surface area contributed by atoms with E-state index in [-0.39, 0.29) is 6.04 Å². The maximum atomic E-state index is 11.9. The Hall–Kier alpha value is -1.19. The van der Waals surface area contributed by atoms with Crippen molar-refractivity contribution < 1.29 is 4.79 Å². The minimum absolute atomic E-state index is 0.0128. The molecule has 1 fully saturated rings. The first kappa shape index (κ1) is 15.2. The molecule has 1 heterocycles. The van der Waals surface area contributed by atoms with Crippen LogP contribution in [0.3, 0.4) is 0 Å². The average Bonchev–Trinajstić information content (AvgIpc) is 3.22. The smallest absolute Gasteiger partial charge is 0.149 e. The largest absolute Gasteiger partial charge is 0.306 e. The molecule has 3 heteroatoms. The maximum absolute atomic E-state index is 11.9. The van der Waals surface area contributed by atoms with Gasteiger partial charge in [0, 0.05) is 25.0 Å². The molecule has 1 aliphatic rings. The van der Waals surface area contributed by atoms with Gasteiger partial charge in [-0.15, -0.1) is 0 Å². The van der Waals surface area contributed by atoms with Gasteiger partial charge in [0.15, 0.2) is 0 Å². The lowest BCUT2D eigenvalue weighted by Crippen LogP contribution is -2.40. The lowest BCUT2D eigenvalue weighted by molar-refractivity contribution is -0.121. The number of ketones is 1. The summed E-state index contributed by atoms with van der Waals surface area (Å²) in [6, 6.07) is 11.4. The molecule has 3 nitrogen and oxygen atoms in total. The molecule has 1 aromatic carbocycles. The van der Waals surface area contributed by atoms with Crippen molar-refractivity contribution in [1.29, 1.82) is 0 Å². The molecule has 1 aliphatic heterocycles. The summed E-state index contributed by atoms with van der Waals surface area (Å²) in [5.41, 5.74) is 1.33. The summed E-state index contributed by atoms with van der Waals surface area (Å²) in [5, 5.41) is 6.93. The number of nitrogens with one attached hydrogen (secondary N) is 2. The monoisotopic (exact) mass is 274 g/mol. The highest BCUT2D eigenvalue weighted by Crippen LogP contribution is 2.28. The Balaban J connectivity index is 1.81. The predicted octanol–water partition coefficient (Wildman–Crippen LogP) is 2.68. The van der Waals surface area contributed by atoms with Crippen molar-refractivity contribution in [2.24, 2.45) is 5.92 Å². The molecule has 2 N–H and O–H groups in total. The van der Waals surface area contributed by atoms with Gasteiger partial charge in [0.05, 0.1) is 6.04 Å². The van der Waals surface area contributed by atoms with Crippen molar-refractivity contribution in [1.82, 2.24) is 10.6 Å². The summed E-state index contributed by atoms with van der Waals surface area (Å²) < 4.78 is 0. The summed E-state index contributed by atoms with van der Waals surface area (Å²) in [6.07, 6.45) is 1.54. The Morgan fingerprint density at radius 1 is 1.30 bits per heavy atom. The maximum Gasteiger partial charge on any atom is 0.149 e. The fourth-order valence-electron chi connectivity index (χ4n) is 2.66. The van der Waals surface area contributed by atoms with Crippen LogP contribution in [0.5, 0.6) is 0 Å². The van der Waals surface area contributed by atoms with Crippen LogP contribution in [0.25, 0.3) is 0 Å². The second-order valence-corrected chi connectivity index (χ2v) is 6.07.